The summed E-state index contributed by atoms with van der Waals surface area (Å²) >= 11 is 0. The third-order valence-electron chi connectivity index (χ3n) is 6.54. The zero-order valence-electron chi connectivity index (χ0n) is 19.4. The van der Waals surface area contributed by atoms with Gasteiger partial charge in [-0.25, -0.2) is 8.42 Å². The van der Waals surface area contributed by atoms with Gasteiger partial charge in [0.1, 0.15) is 6.07 Å². The second kappa shape index (κ2) is 10.6. The second-order valence-electron chi connectivity index (χ2n) is 8.75. The number of carbonyl (C=O) groups is 1. The highest BCUT2D eigenvalue weighted by atomic mass is 32.2. The molecule has 2 aromatic carbocycles. The van der Waals surface area contributed by atoms with Gasteiger partial charge in [-0.1, -0.05) is 24.3 Å². The molecule has 0 spiro atoms. The molecular formula is C25H30N4O4S. The molecule has 34 heavy (non-hydrogen) atoms. The van der Waals surface area contributed by atoms with Crippen LogP contribution in [0.1, 0.15) is 24.0 Å². The van der Waals surface area contributed by atoms with Crippen LogP contribution in [0.2, 0.25) is 0 Å². The molecule has 0 saturated carbocycles. The van der Waals surface area contributed by atoms with E-state index in [-0.39, 0.29) is 35.4 Å². The fourth-order valence-corrected chi connectivity index (χ4v) is 6.18. The molecule has 8 nitrogen and oxygen atoms in total. The Labute approximate surface area is 201 Å². The maximum atomic E-state index is 13.0. The summed E-state index contributed by atoms with van der Waals surface area (Å²) in [6.07, 6.45) is 0.931. The van der Waals surface area contributed by atoms with Crippen LogP contribution in [-0.4, -0.2) is 70.0 Å². The number of benzene rings is 2. The van der Waals surface area contributed by atoms with E-state index in [4.69, 9.17) is 4.74 Å². The molecule has 1 amide bonds. The molecule has 0 aromatic heterocycles. The van der Waals surface area contributed by atoms with E-state index in [1.54, 1.807) is 24.1 Å². The van der Waals surface area contributed by atoms with Crippen LogP contribution in [0.4, 0.5) is 5.69 Å². The van der Waals surface area contributed by atoms with Crippen LogP contribution < -0.4 is 4.90 Å². The fourth-order valence-electron chi connectivity index (χ4n) is 4.56. The van der Waals surface area contributed by atoms with E-state index in [0.717, 1.165) is 37.6 Å². The lowest BCUT2D eigenvalue weighted by atomic mass is 9.96. The van der Waals surface area contributed by atoms with E-state index in [2.05, 4.69) is 29.2 Å². The predicted molar refractivity (Wildman–Crippen MR) is 129 cm³/mol. The van der Waals surface area contributed by atoms with Crippen LogP contribution in [0.3, 0.4) is 0 Å². The fraction of sp³-hybridized carbons (Fsp3) is 0.440. The molecule has 0 unspecified atom stereocenters. The summed E-state index contributed by atoms with van der Waals surface area (Å²) in [7, 11) is -1.97. The third-order valence-corrected chi connectivity index (χ3v) is 8.49. The summed E-state index contributed by atoms with van der Waals surface area (Å²) in [5.74, 6) is -0.179. The molecule has 9 heteroatoms. The monoisotopic (exact) mass is 482 g/mol. The van der Waals surface area contributed by atoms with E-state index in [1.807, 2.05) is 6.07 Å². The largest absolute Gasteiger partial charge is 0.378 e. The molecule has 0 N–H and O–H groups in total. The van der Waals surface area contributed by atoms with Crippen molar-refractivity contribution < 1.29 is 17.9 Å². The number of nitriles is 1. The number of piperidine rings is 1. The van der Waals surface area contributed by atoms with E-state index in [0.29, 0.717) is 19.4 Å². The van der Waals surface area contributed by atoms with Gasteiger partial charge in [0.15, 0.2) is 0 Å². The maximum absolute atomic E-state index is 13.0. The van der Waals surface area contributed by atoms with Gasteiger partial charge in [-0.2, -0.15) is 9.57 Å². The Balaban J connectivity index is 1.33. The number of amides is 1. The van der Waals surface area contributed by atoms with Crippen molar-refractivity contribution in [3.05, 3.63) is 59.7 Å². The molecule has 0 radical (unpaired) electrons. The SMILES string of the molecule is CN(Cc1ccc(N2CCOCC2)cc1)C(=O)C1CCN(S(=O)(=O)c2ccccc2C#N)CC1. The van der Waals surface area contributed by atoms with Gasteiger partial charge in [0.05, 0.1) is 23.7 Å². The van der Waals surface area contributed by atoms with Crippen LogP contribution >= 0.6 is 0 Å². The molecule has 2 aliphatic rings. The van der Waals surface area contributed by atoms with Crippen molar-refractivity contribution in [3.8, 4) is 6.07 Å². The number of hydrogen-bond donors (Lipinski definition) is 0. The average molecular weight is 483 g/mol. The van der Waals surface area contributed by atoms with E-state index < -0.39 is 10.0 Å². The molecule has 2 aliphatic heterocycles. The minimum atomic E-state index is -3.76. The zero-order chi connectivity index (χ0) is 24.1. The van der Waals surface area contributed by atoms with Crippen molar-refractivity contribution in [2.75, 3.05) is 51.3 Å². The summed E-state index contributed by atoms with van der Waals surface area (Å²) in [4.78, 5) is 17.1. The number of carbonyl (C=O) groups excluding carboxylic acids is 1. The number of hydrogen-bond acceptors (Lipinski definition) is 6. The standard InChI is InChI=1S/C25H30N4O4S/c1-27(19-20-6-8-23(9-7-20)28-14-16-33-17-15-28)25(30)21-10-12-29(13-11-21)34(31,32)24-5-3-2-4-22(24)18-26/h2-9,21H,10-17,19H2,1H3. The molecule has 0 bridgehead atoms. The van der Waals surface area contributed by atoms with Gasteiger partial charge in [-0.05, 0) is 42.7 Å². The summed E-state index contributed by atoms with van der Waals surface area (Å²) in [5.41, 5.74) is 2.36. The maximum Gasteiger partial charge on any atom is 0.244 e. The molecule has 180 valence electrons. The first kappa shape index (κ1) is 24.2. The molecule has 4 rings (SSSR count). The molecule has 0 atom stereocenters. The lowest BCUT2D eigenvalue weighted by Crippen LogP contribution is -2.43. The second-order valence-corrected chi connectivity index (χ2v) is 10.7. The Morgan fingerprint density at radius 1 is 1.06 bits per heavy atom. The van der Waals surface area contributed by atoms with Crippen molar-refractivity contribution in [1.29, 1.82) is 5.26 Å². The van der Waals surface area contributed by atoms with Gasteiger partial charge in [-0.3, -0.25) is 4.79 Å². The van der Waals surface area contributed by atoms with Gasteiger partial charge in [0, 0.05) is 51.4 Å². The number of morpholine rings is 1. The number of ether oxygens (including phenoxy) is 1. The highest BCUT2D eigenvalue weighted by molar-refractivity contribution is 7.89. The highest BCUT2D eigenvalue weighted by Gasteiger charge is 2.34. The normalized spacial score (nSPS) is 17.8. The van der Waals surface area contributed by atoms with Gasteiger partial charge in [-0.15, -0.1) is 0 Å². The van der Waals surface area contributed by atoms with Gasteiger partial charge in [0.25, 0.3) is 0 Å². The van der Waals surface area contributed by atoms with Crippen molar-refractivity contribution in [2.45, 2.75) is 24.3 Å². The Hall–Kier alpha value is -2.93. The lowest BCUT2D eigenvalue weighted by molar-refractivity contribution is -0.135. The van der Waals surface area contributed by atoms with Crippen molar-refractivity contribution in [1.82, 2.24) is 9.21 Å². The number of rotatable bonds is 6. The van der Waals surface area contributed by atoms with Crippen LogP contribution in [0.5, 0.6) is 0 Å². The Morgan fingerprint density at radius 3 is 2.35 bits per heavy atom. The van der Waals surface area contributed by atoms with Gasteiger partial charge >= 0.3 is 0 Å². The average Bonchev–Trinajstić information content (AvgIpc) is 2.89. The molecule has 2 aromatic rings. The zero-order valence-corrected chi connectivity index (χ0v) is 20.2. The van der Waals surface area contributed by atoms with Crippen molar-refractivity contribution in [3.63, 3.8) is 0 Å². The molecule has 2 fully saturated rings. The molecular weight excluding hydrogens is 452 g/mol. The summed E-state index contributed by atoms with van der Waals surface area (Å²) in [5, 5.41) is 9.27. The predicted octanol–water partition coefficient (Wildman–Crippen LogP) is 2.45. The van der Waals surface area contributed by atoms with E-state index in [9.17, 15) is 18.5 Å². The Morgan fingerprint density at radius 2 is 1.71 bits per heavy atom. The van der Waals surface area contributed by atoms with Crippen molar-refractivity contribution >= 4 is 21.6 Å². The van der Waals surface area contributed by atoms with Crippen molar-refractivity contribution in [2.24, 2.45) is 5.92 Å². The Bertz CT molecular complexity index is 1150. The topological polar surface area (TPSA) is 93.9 Å². The quantitative estimate of drug-likeness (QED) is 0.628. The molecule has 2 heterocycles. The van der Waals surface area contributed by atoms with Crippen LogP contribution in [0, 0.1) is 17.2 Å². The summed E-state index contributed by atoms with van der Waals surface area (Å²) in [6.45, 7) is 4.29. The first-order valence-corrected chi connectivity index (χ1v) is 13.0. The first-order valence-electron chi connectivity index (χ1n) is 11.6. The molecule has 2 saturated heterocycles. The summed E-state index contributed by atoms with van der Waals surface area (Å²) in [6, 6.07) is 16.5. The van der Waals surface area contributed by atoms with Gasteiger partial charge in [0.2, 0.25) is 15.9 Å². The number of anilines is 1. The Kier molecular flexibility index (Phi) is 7.51. The van der Waals surface area contributed by atoms with Gasteiger partial charge < -0.3 is 14.5 Å². The third kappa shape index (κ3) is 5.25. The molecule has 0 aliphatic carbocycles. The summed E-state index contributed by atoms with van der Waals surface area (Å²) < 4.78 is 32.8. The number of nitrogens with zero attached hydrogens (tertiary/aromatic N) is 4. The lowest BCUT2D eigenvalue weighted by Gasteiger charge is -2.32. The smallest absolute Gasteiger partial charge is 0.244 e. The van der Waals surface area contributed by atoms with Crippen LogP contribution in [0.25, 0.3) is 0 Å². The highest BCUT2D eigenvalue weighted by Crippen LogP contribution is 2.27. The van der Waals surface area contributed by atoms with E-state index in [1.165, 1.54) is 16.4 Å². The first-order chi connectivity index (χ1) is 16.4. The minimum Gasteiger partial charge on any atom is -0.378 e. The number of sulfonamides is 1. The van der Waals surface area contributed by atoms with E-state index >= 15 is 0 Å². The van der Waals surface area contributed by atoms with Crippen LogP contribution in [-0.2, 0) is 26.1 Å². The van der Waals surface area contributed by atoms with Crippen LogP contribution in [0.15, 0.2) is 53.4 Å². The minimum absolute atomic E-state index is 0.0277.